The van der Waals surface area contributed by atoms with Crippen LogP contribution in [-0.4, -0.2) is 59.4 Å². The van der Waals surface area contributed by atoms with Crippen LogP contribution in [0.3, 0.4) is 0 Å². The lowest BCUT2D eigenvalue weighted by atomic mass is 10.0. The van der Waals surface area contributed by atoms with Crippen molar-refractivity contribution in [3.8, 4) is 0 Å². The van der Waals surface area contributed by atoms with Crippen molar-refractivity contribution in [2.24, 2.45) is 5.92 Å². The Bertz CT molecular complexity index is 694. The number of nitrogens with zero attached hydrogens (tertiary/aromatic N) is 1. The number of carbonyl (C=O) groups is 2. The molecule has 3 heterocycles. The van der Waals surface area contributed by atoms with Crippen molar-refractivity contribution >= 4 is 23.2 Å². The van der Waals surface area contributed by atoms with E-state index in [-0.39, 0.29) is 18.1 Å². The highest BCUT2D eigenvalue weighted by atomic mass is 32.1. The molecule has 1 aromatic rings. The number of fused-ring (bicyclic) bond motifs is 1. The number of hydrogen-bond donors (Lipinski definition) is 2. The molecular weight excluding hydrogens is 409 g/mol. The summed E-state index contributed by atoms with van der Waals surface area (Å²) in [5.74, 6) is -2.05. The van der Waals surface area contributed by atoms with E-state index in [0.29, 0.717) is 18.4 Å². The maximum atomic E-state index is 11.8. The highest BCUT2D eigenvalue weighted by Gasteiger charge is 2.42. The van der Waals surface area contributed by atoms with E-state index in [0.717, 1.165) is 26.1 Å². The first kappa shape index (κ1) is 23.6. The second-order valence-corrected chi connectivity index (χ2v) is 9.10. The minimum Gasteiger partial charge on any atom is -0.475 e. The van der Waals surface area contributed by atoms with Crippen molar-refractivity contribution < 1.29 is 32.6 Å². The fourth-order valence-corrected chi connectivity index (χ4v) is 4.52. The Morgan fingerprint density at radius 1 is 1.34 bits per heavy atom. The number of carboxylic acids is 1. The van der Waals surface area contributed by atoms with E-state index in [2.05, 4.69) is 29.3 Å². The lowest BCUT2D eigenvalue weighted by Gasteiger charge is -2.18. The first-order chi connectivity index (χ1) is 13.4. The van der Waals surface area contributed by atoms with Gasteiger partial charge in [0.25, 0.3) is 0 Å². The Morgan fingerprint density at radius 3 is 2.48 bits per heavy atom. The van der Waals surface area contributed by atoms with Gasteiger partial charge in [-0.2, -0.15) is 13.2 Å². The molecule has 164 valence electrons. The van der Waals surface area contributed by atoms with E-state index in [4.69, 9.17) is 14.6 Å². The van der Waals surface area contributed by atoms with Crippen LogP contribution in [0.1, 0.15) is 36.4 Å². The SMILES string of the molecule is Cc1ccc(CN2C[C@@H]3C[C@@H](CC(=O)NC(C)C)O[C@@H]3C2)s1.O=C(O)C(F)(F)F. The molecule has 3 atom stereocenters. The normalized spacial score (nSPS) is 24.2. The second kappa shape index (κ2) is 9.90. The molecule has 0 aromatic carbocycles. The first-order valence-corrected chi connectivity index (χ1v) is 10.3. The molecule has 0 saturated carbocycles. The largest absolute Gasteiger partial charge is 0.490 e. The number of carboxylic acid groups (broad SMARTS) is 1. The van der Waals surface area contributed by atoms with Gasteiger partial charge in [-0.25, -0.2) is 4.79 Å². The van der Waals surface area contributed by atoms with E-state index < -0.39 is 12.1 Å². The first-order valence-electron chi connectivity index (χ1n) is 9.46. The predicted molar refractivity (Wildman–Crippen MR) is 103 cm³/mol. The van der Waals surface area contributed by atoms with Gasteiger partial charge in [0.15, 0.2) is 0 Å². The third-order valence-corrected chi connectivity index (χ3v) is 5.66. The zero-order chi connectivity index (χ0) is 21.8. The Kier molecular flexibility index (Phi) is 8.07. The molecule has 3 rings (SSSR count). The molecule has 2 N–H and O–H groups in total. The Morgan fingerprint density at radius 2 is 2.00 bits per heavy atom. The molecular formula is C19H27F3N2O4S. The Labute approximate surface area is 172 Å². The number of thiophene rings is 1. The lowest BCUT2D eigenvalue weighted by Crippen LogP contribution is -2.33. The molecule has 1 aromatic heterocycles. The summed E-state index contributed by atoms with van der Waals surface area (Å²) in [5.41, 5.74) is 0. The summed E-state index contributed by atoms with van der Waals surface area (Å²) in [7, 11) is 0. The van der Waals surface area contributed by atoms with Crippen LogP contribution in [-0.2, 0) is 20.9 Å². The molecule has 0 radical (unpaired) electrons. The number of nitrogens with one attached hydrogen (secondary N) is 1. The smallest absolute Gasteiger partial charge is 0.475 e. The Hall–Kier alpha value is -1.65. The van der Waals surface area contributed by atoms with Gasteiger partial charge in [-0.1, -0.05) is 0 Å². The fourth-order valence-electron chi connectivity index (χ4n) is 3.59. The van der Waals surface area contributed by atoms with Gasteiger partial charge in [0.1, 0.15) is 0 Å². The number of aryl methyl sites for hydroxylation is 1. The van der Waals surface area contributed by atoms with E-state index in [1.807, 2.05) is 25.2 Å². The van der Waals surface area contributed by atoms with Crippen LogP contribution in [0.4, 0.5) is 13.2 Å². The maximum Gasteiger partial charge on any atom is 0.490 e. The number of rotatable bonds is 5. The van der Waals surface area contributed by atoms with Crippen molar-refractivity contribution in [2.75, 3.05) is 13.1 Å². The van der Waals surface area contributed by atoms with Gasteiger partial charge in [0, 0.05) is 41.3 Å². The van der Waals surface area contributed by atoms with Gasteiger partial charge in [-0.05, 0) is 39.3 Å². The standard InChI is InChI=1S/C17H26N2O2S.C2HF3O2/c1-11(2)18-17(20)7-14-6-13-8-19(10-16(13)21-14)9-15-5-4-12(3)22-15;3-2(4,5)1(6)7/h4-5,11,13-14,16H,6-10H2,1-3H3,(H,18,20);(H,6,7)/t13-,14-,16+;/m0./s1. The summed E-state index contributed by atoms with van der Waals surface area (Å²) < 4.78 is 37.8. The van der Waals surface area contributed by atoms with Crippen LogP contribution < -0.4 is 5.32 Å². The van der Waals surface area contributed by atoms with Crippen molar-refractivity contribution in [3.63, 3.8) is 0 Å². The van der Waals surface area contributed by atoms with Crippen LogP contribution in [0.25, 0.3) is 0 Å². The predicted octanol–water partition coefficient (Wildman–Crippen LogP) is 3.19. The van der Waals surface area contributed by atoms with E-state index in [9.17, 15) is 18.0 Å². The lowest BCUT2D eigenvalue weighted by molar-refractivity contribution is -0.192. The highest BCUT2D eigenvalue weighted by Crippen LogP contribution is 2.35. The van der Waals surface area contributed by atoms with E-state index >= 15 is 0 Å². The number of carbonyl (C=O) groups excluding carboxylic acids is 1. The molecule has 0 unspecified atom stereocenters. The van der Waals surface area contributed by atoms with Gasteiger partial charge < -0.3 is 15.2 Å². The minimum atomic E-state index is -5.08. The van der Waals surface area contributed by atoms with Gasteiger partial charge in [0.05, 0.1) is 18.6 Å². The van der Waals surface area contributed by atoms with E-state index in [1.54, 1.807) is 0 Å². The summed E-state index contributed by atoms with van der Waals surface area (Å²) in [5, 5.41) is 10.1. The maximum absolute atomic E-state index is 11.8. The third-order valence-electron chi connectivity index (χ3n) is 4.67. The average Bonchev–Trinajstić information content (AvgIpc) is 3.21. The molecule has 6 nitrogen and oxygen atoms in total. The second-order valence-electron chi connectivity index (χ2n) is 7.73. The number of halogens is 3. The number of hydrogen-bond acceptors (Lipinski definition) is 5. The summed E-state index contributed by atoms with van der Waals surface area (Å²) in [4.78, 5) is 26.0. The Balaban J connectivity index is 0.000000370. The minimum absolute atomic E-state index is 0.111. The van der Waals surface area contributed by atoms with Crippen LogP contribution in [0.15, 0.2) is 12.1 Å². The van der Waals surface area contributed by atoms with Crippen molar-refractivity contribution in [1.29, 1.82) is 0 Å². The molecule has 0 bridgehead atoms. The van der Waals surface area contributed by atoms with E-state index in [1.165, 1.54) is 9.75 Å². The summed E-state index contributed by atoms with van der Waals surface area (Å²) >= 11 is 1.88. The van der Waals surface area contributed by atoms with Crippen LogP contribution in [0.2, 0.25) is 0 Å². The molecule has 2 fully saturated rings. The van der Waals surface area contributed by atoms with Gasteiger partial charge in [0.2, 0.25) is 5.91 Å². The summed E-state index contributed by atoms with van der Waals surface area (Å²) in [6.45, 7) is 9.28. The van der Waals surface area contributed by atoms with Crippen molar-refractivity contribution in [3.05, 3.63) is 21.9 Å². The summed E-state index contributed by atoms with van der Waals surface area (Å²) in [6.07, 6.45) is -3.12. The zero-order valence-electron chi connectivity index (χ0n) is 16.7. The van der Waals surface area contributed by atoms with Crippen molar-refractivity contribution in [1.82, 2.24) is 10.2 Å². The molecule has 10 heteroatoms. The van der Waals surface area contributed by atoms with Crippen LogP contribution in [0, 0.1) is 12.8 Å². The fraction of sp³-hybridized carbons (Fsp3) is 0.684. The van der Waals surface area contributed by atoms with Crippen LogP contribution >= 0.6 is 11.3 Å². The zero-order valence-corrected chi connectivity index (χ0v) is 17.5. The quantitative estimate of drug-likeness (QED) is 0.741. The number of aliphatic carboxylic acids is 1. The molecule has 0 spiro atoms. The van der Waals surface area contributed by atoms with Gasteiger partial charge in [-0.3, -0.25) is 9.69 Å². The molecule has 2 aliphatic rings. The molecule has 1 amide bonds. The number of ether oxygens (including phenoxy) is 1. The molecule has 0 aliphatic carbocycles. The van der Waals surface area contributed by atoms with Crippen LogP contribution in [0.5, 0.6) is 0 Å². The molecule has 2 aliphatic heterocycles. The molecule has 29 heavy (non-hydrogen) atoms. The highest BCUT2D eigenvalue weighted by molar-refractivity contribution is 7.11. The van der Waals surface area contributed by atoms with Gasteiger partial charge in [-0.15, -0.1) is 11.3 Å². The topological polar surface area (TPSA) is 78.9 Å². The number of likely N-dealkylation sites (tertiary alicyclic amines) is 1. The monoisotopic (exact) mass is 436 g/mol. The average molecular weight is 436 g/mol. The summed E-state index contributed by atoms with van der Waals surface area (Å²) in [6, 6.07) is 4.63. The number of alkyl halides is 3. The molecule has 2 saturated heterocycles. The van der Waals surface area contributed by atoms with Crippen molar-refractivity contribution in [2.45, 2.75) is 64.6 Å². The van der Waals surface area contributed by atoms with Gasteiger partial charge >= 0.3 is 12.1 Å². The number of amides is 1. The third kappa shape index (κ3) is 7.60.